The number of nitrogens with zero attached hydrogens (tertiary/aromatic N) is 2. The fourth-order valence-corrected chi connectivity index (χ4v) is 4.68. The van der Waals surface area contributed by atoms with Crippen LogP contribution in [0.25, 0.3) is 6.08 Å². The van der Waals surface area contributed by atoms with Crippen LogP contribution in [-0.4, -0.2) is 23.3 Å². The van der Waals surface area contributed by atoms with Gasteiger partial charge in [-0.25, -0.2) is 4.79 Å². The van der Waals surface area contributed by atoms with Crippen LogP contribution in [0.1, 0.15) is 39.6 Å². The van der Waals surface area contributed by atoms with Gasteiger partial charge in [0.05, 0.1) is 18.4 Å². The fourth-order valence-electron chi connectivity index (χ4n) is 3.42. The number of furan rings is 1. The Bertz CT molecular complexity index is 1190. The van der Waals surface area contributed by atoms with Crippen molar-refractivity contribution in [1.82, 2.24) is 10.5 Å². The van der Waals surface area contributed by atoms with Crippen LogP contribution in [0, 0.1) is 18.3 Å². The van der Waals surface area contributed by atoms with Crippen molar-refractivity contribution in [3.05, 3.63) is 63.8 Å². The Balaban J connectivity index is 1.35. The summed E-state index contributed by atoms with van der Waals surface area (Å²) in [5.41, 5.74) is 1.99. The fraction of sp³-hybridized carbons (Fsp3) is 0.273. The first-order valence-electron chi connectivity index (χ1n) is 9.95. The smallest absolute Gasteiger partial charge is 0.407 e. The SMILES string of the molecule is Cc1cc(CNC(=O)OC2CCc3c(sc(NC(=O)C=Cc4ccco4)c3C#N)C2)no1. The van der Waals surface area contributed by atoms with Crippen molar-refractivity contribution >= 4 is 34.4 Å². The molecule has 0 aromatic carbocycles. The van der Waals surface area contributed by atoms with E-state index >= 15 is 0 Å². The molecule has 0 fully saturated rings. The van der Waals surface area contributed by atoms with Crippen molar-refractivity contribution in [3.8, 4) is 6.07 Å². The molecular formula is C22H20N4O5S. The standard InChI is InChI=1S/C22H20N4O5S/c1-13-9-14(26-31-13)12-24-22(28)30-16-4-6-17-18(11-23)21(32-19(17)10-16)25-20(27)7-5-15-3-2-8-29-15/h2-3,5,7-9,16H,4,6,10,12H2,1H3,(H,24,28)(H,25,27). The molecule has 3 aromatic rings. The average Bonchev–Trinajstić information content (AvgIpc) is 3.50. The first kappa shape index (κ1) is 21.4. The maximum Gasteiger partial charge on any atom is 0.407 e. The van der Waals surface area contributed by atoms with Crippen molar-refractivity contribution in [1.29, 1.82) is 5.26 Å². The van der Waals surface area contributed by atoms with E-state index in [4.69, 9.17) is 13.7 Å². The molecule has 2 N–H and O–H groups in total. The Hall–Kier alpha value is -3.84. The van der Waals surface area contributed by atoms with Gasteiger partial charge in [-0.2, -0.15) is 5.26 Å². The maximum atomic E-state index is 12.3. The average molecular weight is 452 g/mol. The number of alkyl carbamates (subject to hydrolysis) is 1. The molecule has 1 atom stereocenters. The first-order chi connectivity index (χ1) is 15.5. The highest BCUT2D eigenvalue weighted by Crippen LogP contribution is 2.38. The Morgan fingerprint density at radius 1 is 1.47 bits per heavy atom. The van der Waals surface area contributed by atoms with E-state index in [2.05, 4.69) is 21.9 Å². The maximum absolute atomic E-state index is 12.3. The van der Waals surface area contributed by atoms with Crippen LogP contribution in [0.15, 0.2) is 39.5 Å². The van der Waals surface area contributed by atoms with Crippen LogP contribution in [0.3, 0.4) is 0 Å². The minimum absolute atomic E-state index is 0.216. The van der Waals surface area contributed by atoms with Gasteiger partial charge in [0.25, 0.3) is 0 Å². The highest BCUT2D eigenvalue weighted by atomic mass is 32.1. The van der Waals surface area contributed by atoms with Crippen LogP contribution in [0.2, 0.25) is 0 Å². The van der Waals surface area contributed by atoms with Crippen LogP contribution in [0.5, 0.6) is 0 Å². The van der Waals surface area contributed by atoms with Gasteiger partial charge >= 0.3 is 6.09 Å². The highest BCUT2D eigenvalue weighted by molar-refractivity contribution is 7.16. The number of carbonyl (C=O) groups excluding carboxylic acids is 2. The molecule has 0 saturated heterocycles. The van der Waals surface area contributed by atoms with E-state index in [9.17, 15) is 14.9 Å². The molecule has 0 aliphatic heterocycles. The predicted molar refractivity (Wildman–Crippen MR) is 116 cm³/mol. The molecule has 0 spiro atoms. The number of amides is 2. The molecular weight excluding hydrogens is 432 g/mol. The van der Waals surface area contributed by atoms with E-state index in [0.29, 0.717) is 47.0 Å². The number of thiophene rings is 1. The van der Waals surface area contributed by atoms with Gasteiger partial charge < -0.3 is 24.3 Å². The molecule has 1 aliphatic carbocycles. The van der Waals surface area contributed by atoms with E-state index in [1.807, 2.05) is 0 Å². The Labute approximate surface area is 187 Å². The molecule has 0 saturated carbocycles. The highest BCUT2D eigenvalue weighted by Gasteiger charge is 2.28. The quantitative estimate of drug-likeness (QED) is 0.542. The molecule has 1 unspecified atom stereocenters. The first-order valence-corrected chi connectivity index (χ1v) is 10.8. The number of aryl methyl sites for hydroxylation is 1. The largest absolute Gasteiger partial charge is 0.465 e. The van der Waals surface area contributed by atoms with Crippen molar-refractivity contribution in [3.63, 3.8) is 0 Å². The third-order valence-corrected chi connectivity index (χ3v) is 6.04. The molecule has 1 aliphatic rings. The number of fused-ring (bicyclic) bond motifs is 1. The zero-order chi connectivity index (χ0) is 22.5. The summed E-state index contributed by atoms with van der Waals surface area (Å²) >= 11 is 1.34. The number of nitrogens with one attached hydrogen (secondary N) is 2. The molecule has 0 bridgehead atoms. The van der Waals surface area contributed by atoms with Crippen molar-refractivity contribution in [2.75, 3.05) is 5.32 Å². The second kappa shape index (κ2) is 9.53. The molecule has 0 radical (unpaired) electrons. The Morgan fingerprint density at radius 2 is 2.34 bits per heavy atom. The van der Waals surface area contributed by atoms with Gasteiger partial charge in [-0.3, -0.25) is 4.79 Å². The van der Waals surface area contributed by atoms with Crippen LogP contribution >= 0.6 is 11.3 Å². The molecule has 3 heterocycles. The number of anilines is 1. The van der Waals surface area contributed by atoms with E-state index in [-0.39, 0.29) is 18.6 Å². The summed E-state index contributed by atoms with van der Waals surface area (Å²) in [4.78, 5) is 25.3. The lowest BCUT2D eigenvalue weighted by atomic mass is 9.94. The molecule has 2 amide bonds. The lowest BCUT2D eigenvalue weighted by Gasteiger charge is -2.22. The number of ether oxygens (including phenoxy) is 1. The van der Waals surface area contributed by atoms with Gasteiger partial charge in [-0.1, -0.05) is 5.16 Å². The van der Waals surface area contributed by atoms with Gasteiger partial charge in [0, 0.05) is 23.4 Å². The zero-order valence-corrected chi connectivity index (χ0v) is 18.0. The predicted octanol–water partition coefficient (Wildman–Crippen LogP) is 3.94. The van der Waals surface area contributed by atoms with Crippen LogP contribution < -0.4 is 10.6 Å². The van der Waals surface area contributed by atoms with Crippen molar-refractivity contribution in [2.24, 2.45) is 0 Å². The minimum atomic E-state index is -0.534. The molecule has 9 nitrogen and oxygen atoms in total. The monoisotopic (exact) mass is 452 g/mol. The Morgan fingerprint density at radius 3 is 3.06 bits per heavy atom. The second-order valence-corrected chi connectivity index (χ2v) is 8.32. The van der Waals surface area contributed by atoms with E-state index in [1.165, 1.54) is 23.7 Å². The molecule has 10 heteroatoms. The summed E-state index contributed by atoms with van der Waals surface area (Å²) in [6.45, 7) is 1.99. The summed E-state index contributed by atoms with van der Waals surface area (Å²) in [5.74, 6) is 0.871. The van der Waals surface area contributed by atoms with Gasteiger partial charge in [-0.15, -0.1) is 11.3 Å². The molecule has 4 rings (SSSR count). The van der Waals surface area contributed by atoms with E-state index in [1.54, 1.807) is 31.2 Å². The molecule has 3 aromatic heterocycles. The van der Waals surface area contributed by atoms with Gasteiger partial charge in [0.2, 0.25) is 5.91 Å². The number of nitriles is 1. The summed E-state index contributed by atoms with van der Waals surface area (Å²) < 4.78 is 15.7. The molecule has 32 heavy (non-hydrogen) atoms. The summed E-state index contributed by atoms with van der Waals surface area (Å²) in [5, 5.41) is 19.4. The Kier molecular flexibility index (Phi) is 6.37. The topological polar surface area (TPSA) is 130 Å². The third-order valence-electron chi connectivity index (χ3n) is 4.88. The lowest BCUT2D eigenvalue weighted by molar-refractivity contribution is -0.111. The number of hydrogen-bond donors (Lipinski definition) is 2. The van der Waals surface area contributed by atoms with Gasteiger partial charge in [0.1, 0.15) is 34.4 Å². The third kappa shape index (κ3) is 5.07. The van der Waals surface area contributed by atoms with Crippen LogP contribution in [0.4, 0.5) is 9.80 Å². The number of rotatable bonds is 6. The zero-order valence-electron chi connectivity index (χ0n) is 17.2. The number of aromatic nitrogens is 1. The normalized spacial score (nSPS) is 15.2. The number of carbonyl (C=O) groups is 2. The summed E-state index contributed by atoms with van der Waals surface area (Å²) in [7, 11) is 0. The molecule has 164 valence electrons. The van der Waals surface area contributed by atoms with Gasteiger partial charge in [-0.05, 0) is 43.5 Å². The second-order valence-electron chi connectivity index (χ2n) is 7.21. The van der Waals surface area contributed by atoms with E-state index < -0.39 is 6.09 Å². The van der Waals surface area contributed by atoms with Crippen molar-refractivity contribution < 1.29 is 23.3 Å². The minimum Gasteiger partial charge on any atom is -0.465 e. The lowest BCUT2D eigenvalue weighted by Crippen LogP contribution is -2.31. The van der Waals surface area contributed by atoms with Crippen LogP contribution in [-0.2, 0) is 28.9 Å². The van der Waals surface area contributed by atoms with Crippen molar-refractivity contribution in [2.45, 2.75) is 38.8 Å². The summed E-state index contributed by atoms with van der Waals surface area (Å²) in [6.07, 6.45) is 5.26. The number of hydrogen-bond acceptors (Lipinski definition) is 8. The van der Waals surface area contributed by atoms with E-state index in [0.717, 1.165) is 10.4 Å². The summed E-state index contributed by atoms with van der Waals surface area (Å²) in [6, 6.07) is 7.39. The van der Waals surface area contributed by atoms with Gasteiger partial charge in [0.15, 0.2) is 0 Å².